The van der Waals surface area contributed by atoms with Crippen LogP contribution < -0.4 is 16.8 Å². The number of unbranched alkanes of at least 4 members (excludes halogenated alkanes) is 1. The fourth-order valence-electron chi connectivity index (χ4n) is 1.22. The number of nitrogens with two attached hydrogens (primary N) is 2. The standard InChI is InChI=1S/C10H21N3O2/c11-6-2-1-4-9(8-14)13-10(15)5-3-7-12/h8-9H,1-7,11-12H2,(H,13,15)/t9-/m1/s1. The quantitative estimate of drug-likeness (QED) is 0.358. The smallest absolute Gasteiger partial charge is 0.220 e. The highest BCUT2D eigenvalue weighted by molar-refractivity contribution is 5.79. The van der Waals surface area contributed by atoms with Crippen LogP contribution in [0.25, 0.3) is 0 Å². The second-order valence-corrected chi connectivity index (χ2v) is 3.49. The third-order valence-corrected chi connectivity index (χ3v) is 2.09. The fraction of sp³-hybridized carbons (Fsp3) is 0.800. The van der Waals surface area contributed by atoms with Gasteiger partial charge in [-0.05, 0) is 38.8 Å². The lowest BCUT2D eigenvalue weighted by Gasteiger charge is -2.11. The maximum Gasteiger partial charge on any atom is 0.220 e. The lowest BCUT2D eigenvalue weighted by molar-refractivity contribution is -0.124. The van der Waals surface area contributed by atoms with Gasteiger partial charge in [-0.15, -0.1) is 0 Å². The van der Waals surface area contributed by atoms with Gasteiger partial charge in [0.05, 0.1) is 6.04 Å². The van der Waals surface area contributed by atoms with Crippen LogP contribution in [0.5, 0.6) is 0 Å². The van der Waals surface area contributed by atoms with E-state index >= 15 is 0 Å². The molecule has 0 aliphatic heterocycles. The lowest BCUT2D eigenvalue weighted by Crippen LogP contribution is -2.36. The zero-order valence-electron chi connectivity index (χ0n) is 9.08. The molecule has 88 valence electrons. The summed E-state index contributed by atoms with van der Waals surface area (Å²) in [4.78, 5) is 21.9. The molecule has 0 saturated heterocycles. The lowest BCUT2D eigenvalue weighted by atomic mass is 10.1. The normalized spacial score (nSPS) is 12.1. The summed E-state index contributed by atoms with van der Waals surface area (Å²) in [6.45, 7) is 1.11. The van der Waals surface area contributed by atoms with E-state index in [2.05, 4.69) is 5.32 Å². The fourth-order valence-corrected chi connectivity index (χ4v) is 1.22. The first-order chi connectivity index (χ1) is 7.24. The summed E-state index contributed by atoms with van der Waals surface area (Å²) in [5.74, 6) is -0.106. The number of rotatable bonds is 9. The van der Waals surface area contributed by atoms with Crippen LogP contribution >= 0.6 is 0 Å². The van der Waals surface area contributed by atoms with Gasteiger partial charge in [-0.1, -0.05) is 0 Å². The van der Waals surface area contributed by atoms with Crippen LogP contribution in [0.1, 0.15) is 32.1 Å². The largest absolute Gasteiger partial charge is 0.347 e. The molecule has 0 fully saturated rings. The first-order valence-electron chi connectivity index (χ1n) is 5.39. The van der Waals surface area contributed by atoms with E-state index in [0.717, 1.165) is 19.1 Å². The highest BCUT2D eigenvalue weighted by Crippen LogP contribution is 1.99. The predicted molar refractivity (Wildman–Crippen MR) is 59.2 cm³/mol. The molecule has 5 nitrogen and oxygen atoms in total. The molecule has 15 heavy (non-hydrogen) atoms. The molecule has 0 aromatic heterocycles. The van der Waals surface area contributed by atoms with Gasteiger partial charge in [-0.2, -0.15) is 0 Å². The van der Waals surface area contributed by atoms with Crippen LogP contribution in [0, 0.1) is 0 Å². The zero-order valence-corrected chi connectivity index (χ0v) is 9.08. The predicted octanol–water partition coefficient (Wildman–Crippen LogP) is -0.462. The van der Waals surface area contributed by atoms with E-state index in [1.54, 1.807) is 0 Å². The van der Waals surface area contributed by atoms with E-state index in [0.29, 0.717) is 32.4 Å². The third-order valence-electron chi connectivity index (χ3n) is 2.09. The van der Waals surface area contributed by atoms with Crippen LogP contribution in [-0.4, -0.2) is 31.3 Å². The van der Waals surface area contributed by atoms with E-state index in [1.165, 1.54) is 0 Å². The maximum atomic E-state index is 11.3. The van der Waals surface area contributed by atoms with Crippen LogP contribution in [0.4, 0.5) is 0 Å². The third kappa shape index (κ3) is 8.08. The van der Waals surface area contributed by atoms with Gasteiger partial charge in [0.15, 0.2) is 0 Å². The summed E-state index contributed by atoms with van der Waals surface area (Å²) in [5, 5.41) is 2.66. The molecule has 1 atom stereocenters. The Morgan fingerprint density at radius 1 is 1.20 bits per heavy atom. The van der Waals surface area contributed by atoms with Crippen molar-refractivity contribution >= 4 is 12.2 Å². The molecule has 0 aromatic rings. The molecule has 0 aromatic carbocycles. The second kappa shape index (κ2) is 9.61. The number of carbonyl (C=O) groups excluding carboxylic acids is 2. The minimum absolute atomic E-state index is 0.106. The van der Waals surface area contributed by atoms with Crippen molar-refractivity contribution < 1.29 is 9.59 Å². The topological polar surface area (TPSA) is 98.2 Å². The van der Waals surface area contributed by atoms with Crippen LogP contribution in [0.3, 0.4) is 0 Å². The monoisotopic (exact) mass is 215 g/mol. The van der Waals surface area contributed by atoms with E-state index in [1.807, 2.05) is 0 Å². The first-order valence-corrected chi connectivity index (χ1v) is 5.39. The summed E-state index contributed by atoms with van der Waals surface area (Å²) in [6, 6.07) is -0.373. The number of amides is 1. The molecule has 0 rings (SSSR count). The molecule has 0 radical (unpaired) electrons. The summed E-state index contributed by atoms with van der Waals surface area (Å²) >= 11 is 0. The summed E-state index contributed by atoms with van der Waals surface area (Å²) in [7, 11) is 0. The highest BCUT2D eigenvalue weighted by Gasteiger charge is 2.09. The number of nitrogens with one attached hydrogen (secondary N) is 1. The SMILES string of the molecule is NCCCC[C@H](C=O)NC(=O)CCCN. The highest BCUT2D eigenvalue weighted by atomic mass is 16.2. The van der Waals surface area contributed by atoms with E-state index in [-0.39, 0.29) is 11.9 Å². The maximum absolute atomic E-state index is 11.3. The van der Waals surface area contributed by atoms with Crippen LogP contribution in [0.15, 0.2) is 0 Å². The zero-order chi connectivity index (χ0) is 11.5. The molecular formula is C10H21N3O2. The first kappa shape index (κ1) is 14.1. The molecule has 0 spiro atoms. The Bertz CT molecular complexity index is 186. The van der Waals surface area contributed by atoms with E-state index < -0.39 is 0 Å². The molecule has 0 aliphatic carbocycles. The molecule has 0 bridgehead atoms. The summed E-state index contributed by atoms with van der Waals surface area (Å²) in [6.07, 6.45) is 4.21. The van der Waals surface area contributed by atoms with Crippen molar-refractivity contribution in [2.24, 2.45) is 11.5 Å². The van der Waals surface area contributed by atoms with Gasteiger partial charge in [0.1, 0.15) is 6.29 Å². The Balaban J connectivity index is 3.67. The van der Waals surface area contributed by atoms with Gasteiger partial charge in [0.2, 0.25) is 5.91 Å². The Morgan fingerprint density at radius 3 is 2.40 bits per heavy atom. The number of hydrogen-bond donors (Lipinski definition) is 3. The second-order valence-electron chi connectivity index (χ2n) is 3.49. The molecule has 0 heterocycles. The molecule has 5 heteroatoms. The van der Waals surface area contributed by atoms with Gasteiger partial charge in [0.25, 0.3) is 0 Å². The molecule has 0 aliphatic rings. The Morgan fingerprint density at radius 2 is 1.87 bits per heavy atom. The summed E-state index contributed by atoms with van der Waals surface area (Å²) < 4.78 is 0. The van der Waals surface area contributed by atoms with Crippen molar-refractivity contribution in [2.75, 3.05) is 13.1 Å². The van der Waals surface area contributed by atoms with Crippen LogP contribution in [-0.2, 0) is 9.59 Å². The van der Waals surface area contributed by atoms with E-state index in [4.69, 9.17) is 11.5 Å². The van der Waals surface area contributed by atoms with Crippen molar-refractivity contribution in [1.29, 1.82) is 0 Å². The van der Waals surface area contributed by atoms with Gasteiger partial charge >= 0.3 is 0 Å². The molecule has 0 saturated carbocycles. The van der Waals surface area contributed by atoms with Gasteiger partial charge in [-0.25, -0.2) is 0 Å². The minimum Gasteiger partial charge on any atom is -0.347 e. The Kier molecular flexibility index (Phi) is 9.01. The average molecular weight is 215 g/mol. The van der Waals surface area contributed by atoms with Crippen molar-refractivity contribution in [3.8, 4) is 0 Å². The number of hydrogen-bond acceptors (Lipinski definition) is 4. The van der Waals surface area contributed by atoms with Crippen molar-refractivity contribution in [2.45, 2.75) is 38.1 Å². The average Bonchev–Trinajstić information content (AvgIpc) is 2.25. The molecular weight excluding hydrogens is 194 g/mol. The summed E-state index contributed by atoms with van der Waals surface area (Å²) in [5.41, 5.74) is 10.6. The number of aldehydes is 1. The number of carbonyl (C=O) groups is 2. The Hall–Kier alpha value is -0.940. The molecule has 1 amide bonds. The minimum atomic E-state index is -0.373. The van der Waals surface area contributed by atoms with Gasteiger partial charge in [-0.3, -0.25) is 4.79 Å². The van der Waals surface area contributed by atoms with E-state index in [9.17, 15) is 9.59 Å². The van der Waals surface area contributed by atoms with Crippen LogP contribution in [0.2, 0.25) is 0 Å². The van der Waals surface area contributed by atoms with Gasteiger partial charge in [0, 0.05) is 6.42 Å². The van der Waals surface area contributed by atoms with Crippen molar-refractivity contribution in [3.63, 3.8) is 0 Å². The van der Waals surface area contributed by atoms with Gasteiger partial charge < -0.3 is 21.6 Å². The van der Waals surface area contributed by atoms with Crippen molar-refractivity contribution in [3.05, 3.63) is 0 Å². The molecule has 0 unspecified atom stereocenters. The Labute approximate surface area is 90.6 Å². The van der Waals surface area contributed by atoms with Crippen molar-refractivity contribution in [1.82, 2.24) is 5.32 Å². The molecule has 5 N–H and O–H groups in total.